The summed E-state index contributed by atoms with van der Waals surface area (Å²) in [5.41, 5.74) is 2.32. The van der Waals surface area contributed by atoms with E-state index in [4.69, 9.17) is 5.11 Å². The fraction of sp³-hybridized carbons (Fsp3) is 0.462. The van der Waals surface area contributed by atoms with Crippen molar-refractivity contribution in [3.8, 4) is 0 Å². The number of hydrogen-bond donors (Lipinski definition) is 3. The molecule has 0 fully saturated rings. The highest BCUT2D eigenvalue weighted by molar-refractivity contribution is 5.67. The van der Waals surface area contributed by atoms with E-state index in [9.17, 15) is 9.90 Å². The maximum Gasteiger partial charge on any atom is 0.306 e. The molecule has 0 bridgehead atoms. The molecule has 4 heteroatoms. The Balaban J connectivity index is 2.41. The van der Waals surface area contributed by atoms with Crippen LogP contribution in [0, 0.1) is 6.92 Å². The highest BCUT2D eigenvalue weighted by Gasteiger charge is 2.11. The third-order valence-corrected chi connectivity index (χ3v) is 2.65. The molecule has 94 valence electrons. The van der Waals surface area contributed by atoms with Crippen molar-refractivity contribution < 1.29 is 15.0 Å². The van der Waals surface area contributed by atoms with Crippen LogP contribution < -0.4 is 5.32 Å². The third kappa shape index (κ3) is 4.97. The number of carbonyl (C=O) groups is 1. The van der Waals surface area contributed by atoms with E-state index in [0.717, 1.165) is 5.56 Å². The number of aryl methyl sites for hydroxylation is 1. The van der Waals surface area contributed by atoms with Crippen molar-refractivity contribution >= 4 is 5.97 Å². The van der Waals surface area contributed by atoms with Gasteiger partial charge in [0.15, 0.2) is 0 Å². The Morgan fingerprint density at radius 3 is 2.47 bits per heavy atom. The standard InChI is InChI=1S/C13H19NO3/c1-9-3-5-11(6-4-9)10(2)14-8-12(15)7-13(16)17/h3-6,10,12,14-15H,7-8H2,1-2H3,(H,16,17)/t10-,12?/m0/s1. The Kier molecular flexibility index (Phi) is 5.12. The Morgan fingerprint density at radius 1 is 1.35 bits per heavy atom. The molecule has 1 rings (SSSR count). The summed E-state index contributed by atoms with van der Waals surface area (Å²) in [4.78, 5) is 10.4. The lowest BCUT2D eigenvalue weighted by Crippen LogP contribution is -2.30. The molecule has 0 heterocycles. The molecule has 0 aliphatic heterocycles. The van der Waals surface area contributed by atoms with E-state index in [1.54, 1.807) is 0 Å². The van der Waals surface area contributed by atoms with Crippen LogP contribution in [0.1, 0.15) is 30.5 Å². The predicted molar refractivity (Wildman–Crippen MR) is 65.9 cm³/mol. The molecule has 1 aromatic rings. The Hall–Kier alpha value is -1.39. The van der Waals surface area contributed by atoms with E-state index in [2.05, 4.69) is 5.32 Å². The second kappa shape index (κ2) is 6.37. The maximum absolute atomic E-state index is 10.4. The molecule has 1 unspecified atom stereocenters. The molecule has 0 saturated carbocycles. The lowest BCUT2D eigenvalue weighted by atomic mass is 10.1. The van der Waals surface area contributed by atoms with Gasteiger partial charge in [0.2, 0.25) is 0 Å². The second-order valence-electron chi connectivity index (χ2n) is 4.29. The van der Waals surface area contributed by atoms with Crippen LogP contribution in [0.2, 0.25) is 0 Å². The van der Waals surface area contributed by atoms with Gasteiger partial charge in [0, 0.05) is 12.6 Å². The molecular formula is C13H19NO3. The van der Waals surface area contributed by atoms with Gasteiger partial charge in [-0.05, 0) is 19.4 Å². The largest absolute Gasteiger partial charge is 0.481 e. The normalized spacial score (nSPS) is 14.3. The molecule has 0 radical (unpaired) electrons. The Morgan fingerprint density at radius 2 is 1.94 bits per heavy atom. The first-order chi connectivity index (χ1) is 7.99. The van der Waals surface area contributed by atoms with Gasteiger partial charge >= 0.3 is 5.97 Å². The number of aliphatic hydroxyl groups is 1. The van der Waals surface area contributed by atoms with Crippen LogP contribution in [0.25, 0.3) is 0 Å². The molecule has 2 atom stereocenters. The molecule has 0 amide bonds. The van der Waals surface area contributed by atoms with Gasteiger partial charge in [-0.1, -0.05) is 29.8 Å². The van der Waals surface area contributed by atoms with E-state index < -0.39 is 12.1 Å². The summed E-state index contributed by atoms with van der Waals surface area (Å²) in [6.45, 7) is 4.29. The summed E-state index contributed by atoms with van der Waals surface area (Å²) < 4.78 is 0. The first kappa shape index (κ1) is 13.7. The molecular weight excluding hydrogens is 218 g/mol. The van der Waals surface area contributed by atoms with Gasteiger partial charge < -0.3 is 15.5 Å². The van der Waals surface area contributed by atoms with Crippen LogP contribution in [0.15, 0.2) is 24.3 Å². The van der Waals surface area contributed by atoms with Crippen LogP contribution >= 0.6 is 0 Å². The number of aliphatic hydroxyl groups excluding tert-OH is 1. The number of nitrogens with one attached hydrogen (secondary N) is 1. The topological polar surface area (TPSA) is 69.6 Å². The molecule has 0 aliphatic rings. The fourth-order valence-electron chi connectivity index (χ4n) is 1.56. The minimum Gasteiger partial charge on any atom is -0.481 e. The minimum atomic E-state index is -0.984. The van der Waals surface area contributed by atoms with Crippen LogP contribution in [-0.4, -0.2) is 28.8 Å². The monoisotopic (exact) mass is 237 g/mol. The summed E-state index contributed by atoms with van der Waals surface area (Å²) >= 11 is 0. The highest BCUT2D eigenvalue weighted by Crippen LogP contribution is 2.12. The predicted octanol–water partition coefficient (Wildman–Crippen LogP) is 1.48. The van der Waals surface area contributed by atoms with Gasteiger partial charge in [0.05, 0.1) is 12.5 Å². The van der Waals surface area contributed by atoms with E-state index >= 15 is 0 Å². The van der Waals surface area contributed by atoms with Crippen molar-refractivity contribution in [2.24, 2.45) is 0 Å². The Labute approximate surface area is 101 Å². The van der Waals surface area contributed by atoms with E-state index in [1.165, 1.54) is 5.56 Å². The van der Waals surface area contributed by atoms with Gasteiger partial charge in [0.25, 0.3) is 0 Å². The number of carboxylic acid groups (broad SMARTS) is 1. The average Bonchev–Trinajstić information content (AvgIpc) is 2.26. The summed E-state index contributed by atoms with van der Waals surface area (Å²) in [6, 6.07) is 8.20. The lowest BCUT2D eigenvalue weighted by Gasteiger charge is -2.16. The molecule has 3 N–H and O–H groups in total. The molecule has 4 nitrogen and oxygen atoms in total. The van der Waals surface area contributed by atoms with Gasteiger partial charge in [0.1, 0.15) is 0 Å². The van der Waals surface area contributed by atoms with E-state index in [0.29, 0.717) is 0 Å². The minimum absolute atomic E-state index is 0.0963. The molecule has 0 spiro atoms. The van der Waals surface area contributed by atoms with Crippen LogP contribution in [0.5, 0.6) is 0 Å². The van der Waals surface area contributed by atoms with Crippen molar-refractivity contribution in [3.63, 3.8) is 0 Å². The summed E-state index contributed by atoms with van der Waals surface area (Å²) in [7, 11) is 0. The van der Waals surface area contributed by atoms with Crippen molar-refractivity contribution in [3.05, 3.63) is 35.4 Å². The van der Waals surface area contributed by atoms with Gasteiger partial charge in [-0.15, -0.1) is 0 Å². The first-order valence-corrected chi connectivity index (χ1v) is 5.69. The molecule has 0 aliphatic carbocycles. The quantitative estimate of drug-likeness (QED) is 0.701. The molecule has 0 saturated heterocycles. The van der Waals surface area contributed by atoms with Gasteiger partial charge in [-0.3, -0.25) is 4.79 Å². The van der Waals surface area contributed by atoms with Crippen LogP contribution in [0.3, 0.4) is 0 Å². The Bertz CT molecular complexity index is 361. The number of hydrogen-bond acceptors (Lipinski definition) is 3. The van der Waals surface area contributed by atoms with Crippen molar-refractivity contribution in [1.29, 1.82) is 0 Å². The fourth-order valence-corrected chi connectivity index (χ4v) is 1.56. The lowest BCUT2D eigenvalue weighted by molar-refractivity contribution is -0.139. The first-order valence-electron chi connectivity index (χ1n) is 5.69. The second-order valence-corrected chi connectivity index (χ2v) is 4.29. The average molecular weight is 237 g/mol. The van der Waals surface area contributed by atoms with Crippen LogP contribution in [-0.2, 0) is 4.79 Å². The molecule has 17 heavy (non-hydrogen) atoms. The smallest absolute Gasteiger partial charge is 0.306 e. The van der Waals surface area contributed by atoms with E-state index in [-0.39, 0.29) is 19.0 Å². The third-order valence-electron chi connectivity index (χ3n) is 2.65. The number of rotatable bonds is 6. The summed E-state index contributed by atoms with van der Waals surface area (Å²) in [5, 5.41) is 21.0. The number of aliphatic carboxylic acids is 1. The summed E-state index contributed by atoms with van der Waals surface area (Å²) in [5.74, 6) is -0.984. The van der Waals surface area contributed by atoms with Crippen molar-refractivity contribution in [1.82, 2.24) is 5.32 Å². The molecule has 1 aromatic carbocycles. The highest BCUT2D eigenvalue weighted by atomic mass is 16.4. The molecule has 0 aromatic heterocycles. The van der Waals surface area contributed by atoms with Gasteiger partial charge in [-0.25, -0.2) is 0 Å². The van der Waals surface area contributed by atoms with Crippen molar-refractivity contribution in [2.45, 2.75) is 32.4 Å². The zero-order valence-corrected chi connectivity index (χ0v) is 10.2. The number of benzene rings is 1. The van der Waals surface area contributed by atoms with E-state index in [1.807, 2.05) is 38.1 Å². The zero-order valence-electron chi connectivity index (χ0n) is 10.2. The SMILES string of the molecule is Cc1ccc([C@H](C)NCC(O)CC(=O)O)cc1. The maximum atomic E-state index is 10.4. The van der Waals surface area contributed by atoms with Crippen LogP contribution in [0.4, 0.5) is 0 Å². The summed E-state index contributed by atoms with van der Waals surface area (Å²) in [6.07, 6.45) is -1.08. The van der Waals surface area contributed by atoms with Crippen molar-refractivity contribution in [2.75, 3.05) is 6.54 Å². The zero-order chi connectivity index (χ0) is 12.8. The number of carboxylic acids is 1. The van der Waals surface area contributed by atoms with Gasteiger partial charge in [-0.2, -0.15) is 0 Å².